The Morgan fingerprint density at radius 2 is 1.47 bits per heavy atom. The summed E-state index contributed by atoms with van der Waals surface area (Å²) >= 11 is 6.53. The molecule has 19 heavy (non-hydrogen) atoms. The van der Waals surface area contributed by atoms with Crippen molar-refractivity contribution in [1.29, 1.82) is 0 Å². The predicted octanol–water partition coefficient (Wildman–Crippen LogP) is 6.07. The minimum atomic E-state index is 0.116. The average molecular weight is 273 g/mol. The molecule has 0 saturated heterocycles. The fourth-order valence-corrected chi connectivity index (χ4v) is 2.69. The first-order valence-corrected chi connectivity index (χ1v) is 7.45. The highest BCUT2D eigenvalue weighted by Gasteiger charge is 2.15. The van der Waals surface area contributed by atoms with Crippen molar-refractivity contribution < 1.29 is 0 Å². The minimum absolute atomic E-state index is 0.116. The van der Waals surface area contributed by atoms with Gasteiger partial charge in [0, 0.05) is 0 Å². The van der Waals surface area contributed by atoms with Crippen molar-refractivity contribution in [3.8, 4) is 11.1 Å². The van der Waals surface area contributed by atoms with E-state index in [1.165, 1.54) is 29.5 Å². The molecule has 0 aromatic heterocycles. The monoisotopic (exact) mass is 272 g/mol. The number of rotatable bonds is 5. The van der Waals surface area contributed by atoms with E-state index in [9.17, 15) is 0 Å². The molecule has 0 nitrogen and oxygen atoms in total. The smallest absolute Gasteiger partial charge is 0.0610 e. The van der Waals surface area contributed by atoms with E-state index in [2.05, 4.69) is 62.4 Å². The zero-order valence-corrected chi connectivity index (χ0v) is 12.4. The van der Waals surface area contributed by atoms with Gasteiger partial charge in [-0.1, -0.05) is 74.9 Å². The molecule has 0 heterocycles. The molecule has 0 saturated carbocycles. The molecule has 0 amide bonds. The number of alkyl halides is 1. The molecule has 2 aromatic rings. The largest absolute Gasteiger partial charge is 0.118 e. The van der Waals surface area contributed by atoms with E-state index in [0.717, 1.165) is 0 Å². The summed E-state index contributed by atoms with van der Waals surface area (Å²) in [6.45, 7) is 4.44. The molecule has 2 rings (SSSR count). The molecule has 1 heteroatoms. The van der Waals surface area contributed by atoms with E-state index >= 15 is 0 Å². The van der Waals surface area contributed by atoms with E-state index in [1.807, 2.05) is 6.07 Å². The fourth-order valence-electron chi connectivity index (χ4n) is 2.42. The van der Waals surface area contributed by atoms with Crippen molar-refractivity contribution >= 4 is 11.6 Å². The average Bonchev–Trinajstić information content (AvgIpc) is 2.48. The molecule has 0 aliphatic heterocycles. The summed E-state index contributed by atoms with van der Waals surface area (Å²) in [5, 5.41) is 0.116. The SMILES string of the molecule is CCCC(C)C(Cl)c1ccc(-c2ccccc2)cc1. The molecule has 0 spiro atoms. The molecule has 0 bridgehead atoms. The second kappa shape index (κ2) is 6.77. The Bertz CT molecular complexity index is 487. The van der Waals surface area contributed by atoms with E-state index in [1.54, 1.807) is 0 Å². The van der Waals surface area contributed by atoms with Gasteiger partial charge in [0.05, 0.1) is 5.38 Å². The summed E-state index contributed by atoms with van der Waals surface area (Å²) in [5.74, 6) is 0.522. The van der Waals surface area contributed by atoms with Crippen LogP contribution in [-0.2, 0) is 0 Å². The van der Waals surface area contributed by atoms with Crippen LogP contribution in [0.25, 0.3) is 11.1 Å². The van der Waals surface area contributed by atoms with Crippen LogP contribution in [0.1, 0.15) is 37.6 Å². The van der Waals surface area contributed by atoms with Crippen LogP contribution in [-0.4, -0.2) is 0 Å². The van der Waals surface area contributed by atoms with Crippen molar-refractivity contribution in [2.75, 3.05) is 0 Å². The van der Waals surface area contributed by atoms with Gasteiger partial charge in [-0.3, -0.25) is 0 Å². The van der Waals surface area contributed by atoms with E-state index in [4.69, 9.17) is 11.6 Å². The Hall–Kier alpha value is -1.27. The maximum Gasteiger partial charge on any atom is 0.0610 e. The quantitative estimate of drug-likeness (QED) is 0.580. The molecule has 0 N–H and O–H groups in total. The highest BCUT2D eigenvalue weighted by Crippen LogP contribution is 2.32. The summed E-state index contributed by atoms with van der Waals surface area (Å²) in [5.41, 5.74) is 3.72. The molecule has 2 atom stereocenters. The van der Waals surface area contributed by atoms with Crippen molar-refractivity contribution in [1.82, 2.24) is 0 Å². The molecular weight excluding hydrogens is 252 g/mol. The third-order valence-corrected chi connectivity index (χ3v) is 4.26. The summed E-state index contributed by atoms with van der Waals surface area (Å²) in [6, 6.07) is 19.1. The number of benzene rings is 2. The Kier molecular flexibility index (Phi) is 5.04. The highest BCUT2D eigenvalue weighted by molar-refractivity contribution is 6.21. The Morgan fingerprint density at radius 3 is 2.05 bits per heavy atom. The summed E-state index contributed by atoms with van der Waals surface area (Å²) < 4.78 is 0. The van der Waals surface area contributed by atoms with Gasteiger partial charge in [0.2, 0.25) is 0 Å². The van der Waals surface area contributed by atoms with Crippen LogP contribution in [0, 0.1) is 5.92 Å². The lowest BCUT2D eigenvalue weighted by Gasteiger charge is -2.18. The standard InChI is InChI=1S/C18H21Cl/c1-3-7-14(2)18(19)17-12-10-16(11-13-17)15-8-5-4-6-9-15/h4-6,8-14,18H,3,7H2,1-2H3. The van der Waals surface area contributed by atoms with Gasteiger partial charge in [-0.2, -0.15) is 0 Å². The van der Waals surface area contributed by atoms with Gasteiger partial charge in [0.15, 0.2) is 0 Å². The summed E-state index contributed by atoms with van der Waals surface area (Å²) in [6.07, 6.45) is 2.36. The van der Waals surface area contributed by atoms with Gasteiger partial charge in [-0.25, -0.2) is 0 Å². The van der Waals surface area contributed by atoms with Crippen LogP contribution < -0.4 is 0 Å². The van der Waals surface area contributed by atoms with E-state index in [-0.39, 0.29) is 5.38 Å². The zero-order chi connectivity index (χ0) is 13.7. The Morgan fingerprint density at radius 1 is 0.895 bits per heavy atom. The van der Waals surface area contributed by atoms with E-state index < -0.39 is 0 Å². The molecule has 0 radical (unpaired) electrons. The maximum atomic E-state index is 6.53. The Labute approximate surface area is 121 Å². The molecule has 0 aliphatic rings. The Balaban J connectivity index is 2.15. The summed E-state index contributed by atoms with van der Waals surface area (Å²) in [7, 11) is 0. The number of hydrogen-bond donors (Lipinski definition) is 0. The lowest BCUT2D eigenvalue weighted by atomic mass is 9.95. The van der Waals surface area contributed by atoms with Crippen molar-refractivity contribution in [2.24, 2.45) is 5.92 Å². The van der Waals surface area contributed by atoms with Gasteiger partial charge < -0.3 is 0 Å². The maximum absolute atomic E-state index is 6.53. The molecular formula is C18H21Cl. The zero-order valence-electron chi connectivity index (χ0n) is 11.6. The second-order valence-corrected chi connectivity index (χ2v) is 5.63. The van der Waals surface area contributed by atoms with Crippen LogP contribution in [0.4, 0.5) is 0 Å². The third-order valence-electron chi connectivity index (χ3n) is 3.58. The summed E-state index contributed by atoms with van der Waals surface area (Å²) in [4.78, 5) is 0. The first kappa shape index (κ1) is 14.1. The van der Waals surface area contributed by atoms with Crippen molar-refractivity contribution in [3.05, 3.63) is 60.2 Å². The molecule has 2 aromatic carbocycles. The van der Waals surface area contributed by atoms with Crippen LogP contribution in [0.2, 0.25) is 0 Å². The fraction of sp³-hybridized carbons (Fsp3) is 0.333. The topological polar surface area (TPSA) is 0 Å². The predicted molar refractivity (Wildman–Crippen MR) is 84.5 cm³/mol. The van der Waals surface area contributed by atoms with Gasteiger partial charge in [0.1, 0.15) is 0 Å². The van der Waals surface area contributed by atoms with Crippen LogP contribution in [0.3, 0.4) is 0 Å². The minimum Gasteiger partial charge on any atom is -0.118 e. The van der Waals surface area contributed by atoms with Crippen LogP contribution in [0.5, 0.6) is 0 Å². The molecule has 2 unspecified atom stereocenters. The molecule has 0 fully saturated rings. The first-order valence-electron chi connectivity index (χ1n) is 7.01. The second-order valence-electron chi connectivity index (χ2n) is 5.16. The van der Waals surface area contributed by atoms with Crippen molar-refractivity contribution in [3.63, 3.8) is 0 Å². The third kappa shape index (κ3) is 3.61. The van der Waals surface area contributed by atoms with Gasteiger partial charge in [-0.15, -0.1) is 11.6 Å². The highest BCUT2D eigenvalue weighted by atomic mass is 35.5. The normalized spacial score (nSPS) is 14.1. The number of hydrogen-bond acceptors (Lipinski definition) is 0. The van der Waals surface area contributed by atoms with Gasteiger partial charge in [-0.05, 0) is 29.0 Å². The van der Waals surface area contributed by atoms with Crippen molar-refractivity contribution in [2.45, 2.75) is 32.1 Å². The lowest BCUT2D eigenvalue weighted by Crippen LogP contribution is -2.03. The van der Waals surface area contributed by atoms with Gasteiger partial charge in [0.25, 0.3) is 0 Å². The van der Waals surface area contributed by atoms with Crippen LogP contribution in [0.15, 0.2) is 54.6 Å². The van der Waals surface area contributed by atoms with E-state index in [0.29, 0.717) is 5.92 Å². The molecule has 100 valence electrons. The van der Waals surface area contributed by atoms with Gasteiger partial charge >= 0.3 is 0 Å². The van der Waals surface area contributed by atoms with Crippen LogP contribution >= 0.6 is 11.6 Å². The number of halogens is 1. The lowest BCUT2D eigenvalue weighted by molar-refractivity contribution is 0.507. The first-order chi connectivity index (χ1) is 9.22. The molecule has 0 aliphatic carbocycles.